The minimum atomic E-state index is -0.136. The molecule has 1 fully saturated rings. The molecule has 4 N–H and O–H groups in total. The summed E-state index contributed by atoms with van der Waals surface area (Å²) in [6, 6.07) is 7.57. The van der Waals surface area contributed by atoms with E-state index in [-0.39, 0.29) is 11.9 Å². The van der Waals surface area contributed by atoms with Crippen LogP contribution in [0.25, 0.3) is 10.9 Å². The van der Waals surface area contributed by atoms with Crippen molar-refractivity contribution in [2.45, 2.75) is 25.3 Å². The molecule has 0 bridgehead atoms. The van der Waals surface area contributed by atoms with Crippen LogP contribution in [0.3, 0.4) is 0 Å². The van der Waals surface area contributed by atoms with Gasteiger partial charge in [0.1, 0.15) is 0 Å². The summed E-state index contributed by atoms with van der Waals surface area (Å²) in [5.41, 5.74) is 7.62. The minimum absolute atomic E-state index is 0.123. The first-order valence-electron chi connectivity index (χ1n) is 8.15. The maximum Gasteiger partial charge on any atom is 0.253 e. The van der Waals surface area contributed by atoms with Crippen LogP contribution >= 0.6 is 0 Å². The van der Waals surface area contributed by atoms with Crippen LogP contribution in [0.2, 0.25) is 0 Å². The Balaban J connectivity index is 1.34. The Labute approximate surface area is 138 Å². The lowest BCUT2D eigenvalue weighted by atomic mass is 10.1. The molecule has 1 atom stereocenters. The molecule has 0 radical (unpaired) electrons. The molecule has 24 heavy (non-hydrogen) atoms. The lowest BCUT2D eigenvalue weighted by molar-refractivity contribution is 0.0955. The molecule has 0 spiro atoms. The summed E-state index contributed by atoms with van der Waals surface area (Å²) in [7, 11) is 0. The van der Waals surface area contributed by atoms with Gasteiger partial charge in [0.05, 0.1) is 11.6 Å². The van der Waals surface area contributed by atoms with E-state index >= 15 is 0 Å². The number of hydrogen-bond acceptors (Lipinski definition) is 5. The summed E-state index contributed by atoms with van der Waals surface area (Å²) in [4.78, 5) is 19.7. The van der Waals surface area contributed by atoms with E-state index in [2.05, 4.69) is 20.4 Å². The van der Waals surface area contributed by atoms with Crippen LogP contribution in [-0.4, -0.2) is 27.6 Å². The molecule has 0 aliphatic heterocycles. The van der Waals surface area contributed by atoms with Crippen LogP contribution < -0.4 is 11.1 Å². The third-order valence-electron chi connectivity index (χ3n) is 4.37. The Morgan fingerprint density at radius 1 is 1.42 bits per heavy atom. The molecule has 1 aliphatic rings. The van der Waals surface area contributed by atoms with Gasteiger partial charge in [0, 0.05) is 30.1 Å². The Morgan fingerprint density at radius 2 is 2.25 bits per heavy atom. The van der Waals surface area contributed by atoms with Gasteiger partial charge in [-0.3, -0.25) is 4.79 Å². The van der Waals surface area contributed by atoms with Crippen molar-refractivity contribution in [3.63, 3.8) is 0 Å². The number of carbonyl (C=O) groups excluding carboxylic acids is 1. The second-order valence-electron chi connectivity index (χ2n) is 6.16. The molecule has 3 aromatic rings. The fraction of sp³-hybridized carbons (Fsp3) is 0.353. The van der Waals surface area contributed by atoms with Gasteiger partial charge in [-0.2, -0.15) is 4.98 Å². The fourth-order valence-electron chi connectivity index (χ4n) is 2.81. The van der Waals surface area contributed by atoms with Gasteiger partial charge in [0.2, 0.25) is 5.89 Å². The zero-order valence-corrected chi connectivity index (χ0v) is 13.2. The number of aromatic nitrogens is 3. The lowest BCUT2D eigenvalue weighted by Crippen LogP contribution is -2.25. The van der Waals surface area contributed by atoms with E-state index in [4.69, 9.17) is 10.3 Å². The highest BCUT2D eigenvalue weighted by molar-refractivity contribution is 6.06. The molecule has 0 saturated heterocycles. The van der Waals surface area contributed by atoms with E-state index in [1.165, 1.54) is 0 Å². The second kappa shape index (κ2) is 6.09. The number of benzene rings is 1. The monoisotopic (exact) mass is 325 g/mol. The summed E-state index contributed by atoms with van der Waals surface area (Å²) in [5, 5.41) is 7.73. The van der Waals surface area contributed by atoms with E-state index in [1.54, 1.807) is 6.20 Å². The molecule has 2 heterocycles. The van der Waals surface area contributed by atoms with Crippen LogP contribution in [-0.2, 0) is 6.42 Å². The first-order chi connectivity index (χ1) is 11.7. The van der Waals surface area contributed by atoms with Crippen LogP contribution in [0.1, 0.15) is 41.0 Å². The molecule has 4 rings (SSSR count). The number of nitrogens with zero attached hydrogens (tertiary/aromatic N) is 2. The summed E-state index contributed by atoms with van der Waals surface area (Å²) in [6.45, 7) is 0.429. The standard InChI is InChI=1S/C17H19N5O2/c18-15(10-5-6-10)16-21-14(24-22-16)7-8-19-17(23)12-9-20-13-4-2-1-3-11(12)13/h1-4,9-10,15,20H,5-8,18H2,(H,19,23). The average molecular weight is 325 g/mol. The smallest absolute Gasteiger partial charge is 0.253 e. The third-order valence-corrected chi connectivity index (χ3v) is 4.37. The quantitative estimate of drug-likeness (QED) is 0.641. The van der Waals surface area contributed by atoms with Crippen molar-refractivity contribution in [2.75, 3.05) is 6.54 Å². The van der Waals surface area contributed by atoms with Crippen molar-refractivity contribution in [1.29, 1.82) is 0 Å². The minimum Gasteiger partial charge on any atom is -0.360 e. The van der Waals surface area contributed by atoms with Gasteiger partial charge >= 0.3 is 0 Å². The maximum absolute atomic E-state index is 12.3. The molecule has 1 aromatic carbocycles. The van der Waals surface area contributed by atoms with Crippen molar-refractivity contribution in [3.05, 3.63) is 47.7 Å². The predicted molar refractivity (Wildman–Crippen MR) is 88.3 cm³/mol. The fourth-order valence-corrected chi connectivity index (χ4v) is 2.81. The number of hydrogen-bond donors (Lipinski definition) is 3. The van der Waals surface area contributed by atoms with E-state index in [9.17, 15) is 4.79 Å². The molecular weight excluding hydrogens is 306 g/mol. The van der Waals surface area contributed by atoms with Crippen LogP contribution in [0.5, 0.6) is 0 Å². The lowest BCUT2D eigenvalue weighted by Gasteiger charge is -2.03. The third kappa shape index (κ3) is 2.90. The van der Waals surface area contributed by atoms with Crippen molar-refractivity contribution in [3.8, 4) is 0 Å². The zero-order chi connectivity index (χ0) is 16.5. The van der Waals surface area contributed by atoms with Crippen molar-refractivity contribution in [1.82, 2.24) is 20.4 Å². The van der Waals surface area contributed by atoms with E-state index in [1.807, 2.05) is 24.3 Å². The van der Waals surface area contributed by atoms with Gasteiger partial charge in [-0.05, 0) is 24.8 Å². The van der Waals surface area contributed by atoms with Crippen LogP contribution in [0, 0.1) is 5.92 Å². The van der Waals surface area contributed by atoms with Gasteiger partial charge < -0.3 is 20.6 Å². The average Bonchev–Trinajstić information content (AvgIpc) is 3.18. The van der Waals surface area contributed by atoms with E-state index in [0.29, 0.717) is 36.2 Å². The van der Waals surface area contributed by atoms with Gasteiger partial charge in [0.15, 0.2) is 5.82 Å². The Hall–Kier alpha value is -2.67. The number of para-hydroxylation sites is 1. The highest BCUT2D eigenvalue weighted by Crippen LogP contribution is 2.38. The van der Waals surface area contributed by atoms with Gasteiger partial charge in [0.25, 0.3) is 5.91 Å². The summed E-state index contributed by atoms with van der Waals surface area (Å²) < 4.78 is 5.21. The number of H-pyrrole nitrogens is 1. The number of nitrogens with two attached hydrogens (primary N) is 1. The Bertz CT molecular complexity index is 865. The van der Waals surface area contributed by atoms with Crippen LogP contribution in [0.4, 0.5) is 0 Å². The summed E-state index contributed by atoms with van der Waals surface area (Å²) in [5.74, 6) is 1.43. The Morgan fingerprint density at radius 3 is 3.08 bits per heavy atom. The van der Waals surface area contributed by atoms with Crippen molar-refractivity contribution in [2.24, 2.45) is 11.7 Å². The second-order valence-corrected chi connectivity index (χ2v) is 6.16. The summed E-state index contributed by atoms with van der Waals surface area (Å²) in [6.07, 6.45) is 4.47. The molecule has 124 valence electrons. The molecule has 1 unspecified atom stereocenters. The van der Waals surface area contributed by atoms with Gasteiger partial charge in [-0.25, -0.2) is 0 Å². The highest BCUT2D eigenvalue weighted by atomic mass is 16.5. The zero-order valence-electron chi connectivity index (χ0n) is 13.2. The highest BCUT2D eigenvalue weighted by Gasteiger charge is 2.32. The number of amides is 1. The SMILES string of the molecule is NC(c1noc(CCNC(=O)c2c[nH]c3ccccc23)n1)C1CC1. The van der Waals surface area contributed by atoms with Crippen LogP contribution in [0.15, 0.2) is 35.0 Å². The largest absolute Gasteiger partial charge is 0.360 e. The van der Waals surface area contributed by atoms with Gasteiger partial charge in [-0.15, -0.1) is 0 Å². The predicted octanol–water partition coefficient (Wildman–Crippen LogP) is 1.93. The first kappa shape index (κ1) is 14.9. The Kier molecular flexibility index (Phi) is 3.78. The van der Waals surface area contributed by atoms with Crippen molar-refractivity contribution < 1.29 is 9.32 Å². The number of fused-ring (bicyclic) bond motifs is 1. The molecule has 1 aliphatic carbocycles. The van der Waals surface area contributed by atoms with Gasteiger partial charge in [-0.1, -0.05) is 23.4 Å². The molecule has 7 heteroatoms. The molecule has 2 aromatic heterocycles. The molecule has 7 nitrogen and oxygen atoms in total. The van der Waals surface area contributed by atoms with E-state index in [0.717, 1.165) is 23.7 Å². The topological polar surface area (TPSA) is 110 Å². The molecule has 1 amide bonds. The maximum atomic E-state index is 12.3. The van der Waals surface area contributed by atoms with Crippen molar-refractivity contribution >= 4 is 16.8 Å². The number of nitrogens with one attached hydrogen (secondary N) is 2. The summed E-state index contributed by atoms with van der Waals surface area (Å²) >= 11 is 0. The van der Waals surface area contributed by atoms with E-state index < -0.39 is 0 Å². The number of aromatic amines is 1. The molecule has 1 saturated carbocycles. The normalized spacial score (nSPS) is 15.5. The first-order valence-corrected chi connectivity index (χ1v) is 8.15. The number of carbonyl (C=O) groups is 1. The number of rotatable bonds is 6. The molecular formula is C17H19N5O2.